The van der Waals surface area contributed by atoms with Gasteiger partial charge >= 0.3 is 0 Å². The number of carbonyl (C=O) groups excluding carboxylic acids is 1. The summed E-state index contributed by atoms with van der Waals surface area (Å²) in [5.74, 6) is 0.932. The highest BCUT2D eigenvalue weighted by Gasteiger charge is 2.18. The van der Waals surface area contributed by atoms with Crippen LogP contribution in [0.5, 0.6) is 17.2 Å². The number of nitrogens with one attached hydrogen (secondary N) is 2. The summed E-state index contributed by atoms with van der Waals surface area (Å²) in [5.41, 5.74) is 1.30. The fourth-order valence-corrected chi connectivity index (χ4v) is 4.14. The van der Waals surface area contributed by atoms with Gasteiger partial charge in [-0.3, -0.25) is 4.79 Å². The molecule has 0 saturated heterocycles. The molecule has 1 amide bonds. The number of methoxy groups -OCH3 is 1. The van der Waals surface area contributed by atoms with Crippen molar-refractivity contribution in [1.29, 1.82) is 0 Å². The minimum absolute atomic E-state index is 0.0121. The number of hydrogen-bond acceptors (Lipinski definition) is 6. The van der Waals surface area contributed by atoms with Crippen LogP contribution in [0.1, 0.15) is 17.5 Å². The van der Waals surface area contributed by atoms with E-state index >= 15 is 0 Å². The van der Waals surface area contributed by atoms with Gasteiger partial charge in [-0.1, -0.05) is 17.7 Å². The first-order chi connectivity index (χ1) is 14.8. The molecule has 2 N–H and O–H groups in total. The Bertz CT molecular complexity index is 1100. The van der Waals surface area contributed by atoms with Gasteiger partial charge in [-0.05, 0) is 48.5 Å². The van der Waals surface area contributed by atoms with Crippen molar-refractivity contribution in [2.75, 3.05) is 27.4 Å². The van der Waals surface area contributed by atoms with Crippen LogP contribution in [0, 0.1) is 0 Å². The first kappa shape index (κ1) is 22.9. The summed E-state index contributed by atoms with van der Waals surface area (Å²) in [4.78, 5) is 12.2. The molecular formula is C21H23ClN2O6S. The monoisotopic (exact) mass is 466 g/mol. The Hall–Kier alpha value is -2.75. The van der Waals surface area contributed by atoms with Crippen molar-refractivity contribution >= 4 is 33.6 Å². The third-order valence-corrected chi connectivity index (χ3v) is 6.22. The number of carbonyl (C=O) groups is 1. The topological polar surface area (TPSA) is 103 Å². The van der Waals surface area contributed by atoms with Gasteiger partial charge in [-0.2, -0.15) is 0 Å². The summed E-state index contributed by atoms with van der Waals surface area (Å²) in [5, 5.41) is 3.19. The summed E-state index contributed by atoms with van der Waals surface area (Å²) in [6.07, 6.45) is 3.61. The Morgan fingerprint density at radius 2 is 2.00 bits per heavy atom. The summed E-state index contributed by atoms with van der Waals surface area (Å²) in [7, 11) is -1.00. The second-order valence-electron chi connectivity index (χ2n) is 6.62. The Kier molecular flexibility index (Phi) is 7.42. The number of halogens is 1. The zero-order chi connectivity index (χ0) is 22.4. The predicted molar refractivity (Wildman–Crippen MR) is 117 cm³/mol. The summed E-state index contributed by atoms with van der Waals surface area (Å²) >= 11 is 6.27. The maximum Gasteiger partial charge on any atom is 0.244 e. The molecule has 31 heavy (non-hydrogen) atoms. The number of hydrogen-bond donors (Lipinski definition) is 2. The van der Waals surface area contributed by atoms with Crippen LogP contribution in [0.25, 0.3) is 6.08 Å². The van der Waals surface area contributed by atoms with Crippen molar-refractivity contribution in [3.63, 3.8) is 0 Å². The highest BCUT2D eigenvalue weighted by atomic mass is 35.5. The first-order valence-electron chi connectivity index (χ1n) is 9.49. The van der Waals surface area contributed by atoms with Crippen LogP contribution >= 0.6 is 11.6 Å². The Balaban J connectivity index is 1.68. The van der Waals surface area contributed by atoms with E-state index in [2.05, 4.69) is 10.0 Å². The van der Waals surface area contributed by atoms with Crippen molar-refractivity contribution in [2.24, 2.45) is 0 Å². The normalized spacial score (nSPS) is 13.6. The molecule has 0 aliphatic carbocycles. The van der Waals surface area contributed by atoms with Gasteiger partial charge in [0.2, 0.25) is 15.9 Å². The van der Waals surface area contributed by atoms with Gasteiger partial charge in [-0.25, -0.2) is 13.1 Å². The van der Waals surface area contributed by atoms with Gasteiger partial charge < -0.3 is 19.5 Å². The third-order valence-electron chi connectivity index (χ3n) is 4.50. The lowest BCUT2D eigenvalue weighted by Crippen LogP contribution is -2.20. The van der Waals surface area contributed by atoms with E-state index in [1.165, 1.54) is 38.4 Å². The highest BCUT2D eigenvalue weighted by Crippen LogP contribution is 2.38. The number of benzene rings is 2. The Labute approximate surface area is 186 Å². The summed E-state index contributed by atoms with van der Waals surface area (Å²) in [6.45, 7) is 1.31. The Morgan fingerprint density at radius 3 is 2.74 bits per heavy atom. The average molecular weight is 467 g/mol. The molecule has 8 nitrogen and oxygen atoms in total. The Morgan fingerprint density at radius 1 is 1.23 bits per heavy atom. The lowest BCUT2D eigenvalue weighted by atomic mass is 10.2. The van der Waals surface area contributed by atoms with Crippen LogP contribution in [0.4, 0.5) is 0 Å². The van der Waals surface area contributed by atoms with Gasteiger partial charge in [0.25, 0.3) is 0 Å². The minimum Gasteiger partial charge on any atom is -0.495 e. The lowest BCUT2D eigenvalue weighted by Gasteiger charge is -2.12. The molecule has 0 atom stereocenters. The van der Waals surface area contributed by atoms with E-state index in [0.29, 0.717) is 35.3 Å². The molecule has 0 aromatic heterocycles. The smallest absolute Gasteiger partial charge is 0.244 e. The van der Waals surface area contributed by atoms with E-state index in [1.807, 2.05) is 0 Å². The second kappa shape index (κ2) is 10.0. The lowest BCUT2D eigenvalue weighted by molar-refractivity contribution is -0.116. The fraction of sp³-hybridized carbons (Fsp3) is 0.286. The molecule has 1 heterocycles. The van der Waals surface area contributed by atoms with Crippen LogP contribution < -0.4 is 24.2 Å². The molecule has 0 fully saturated rings. The molecule has 3 rings (SSSR count). The van der Waals surface area contributed by atoms with Crippen LogP contribution in [0.15, 0.2) is 41.3 Å². The fourth-order valence-electron chi connectivity index (χ4n) is 2.92. The highest BCUT2D eigenvalue weighted by molar-refractivity contribution is 7.89. The molecule has 2 aromatic rings. The molecule has 0 unspecified atom stereocenters. The van der Waals surface area contributed by atoms with Crippen LogP contribution in [-0.2, 0) is 21.4 Å². The summed E-state index contributed by atoms with van der Waals surface area (Å²) in [6, 6.07) is 8.12. The SMILES string of the molecule is CNS(=O)(=O)c1cc(/C=C/C(=O)NCc2cc(Cl)c3c(c2)OCCCO3)ccc1OC. The van der Waals surface area contributed by atoms with Crippen molar-refractivity contribution < 1.29 is 27.4 Å². The van der Waals surface area contributed by atoms with E-state index in [9.17, 15) is 13.2 Å². The summed E-state index contributed by atoms with van der Waals surface area (Å²) < 4.78 is 42.9. The quantitative estimate of drug-likeness (QED) is 0.608. The molecule has 0 spiro atoms. The third kappa shape index (κ3) is 5.69. The zero-order valence-corrected chi connectivity index (χ0v) is 18.7. The van der Waals surface area contributed by atoms with E-state index in [4.69, 9.17) is 25.8 Å². The van der Waals surface area contributed by atoms with Gasteiger partial charge in [0.05, 0.1) is 25.3 Å². The van der Waals surface area contributed by atoms with E-state index < -0.39 is 10.0 Å². The largest absolute Gasteiger partial charge is 0.495 e. The standard InChI is InChI=1S/C21H23ClN2O6S/c1-23-31(26,27)19-12-14(4-6-17(19)28-2)5-7-20(25)24-13-15-10-16(22)21-18(11-15)29-8-3-9-30-21/h4-7,10-12,23H,3,8-9,13H2,1-2H3,(H,24,25)/b7-5+. The van der Waals surface area contributed by atoms with Gasteiger partial charge in [0, 0.05) is 19.0 Å². The van der Waals surface area contributed by atoms with Gasteiger partial charge in [0.1, 0.15) is 10.6 Å². The molecule has 1 aliphatic heterocycles. The number of fused-ring (bicyclic) bond motifs is 1. The van der Waals surface area contributed by atoms with Gasteiger partial charge in [-0.15, -0.1) is 0 Å². The molecule has 0 radical (unpaired) electrons. The number of ether oxygens (including phenoxy) is 3. The number of sulfonamides is 1. The van der Waals surface area contributed by atoms with E-state index in [0.717, 1.165) is 12.0 Å². The maximum atomic E-state index is 12.2. The van der Waals surface area contributed by atoms with Crippen LogP contribution in [0.2, 0.25) is 5.02 Å². The van der Waals surface area contributed by atoms with E-state index in [-0.39, 0.29) is 23.1 Å². The van der Waals surface area contributed by atoms with Crippen molar-refractivity contribution in [1.82, 2.24) is 10.0 Å². The first-order valence-corrected chi connectivity index (χ1v) is 11.4. The van der Waals surface area contributed by atoms with Crippen molar-refractivity contribution in [3.8, 4) is 17.2 Å². The molecule has 0 bridgehead atoms. The predicted octanol–water partition coefficient (Wildman–Crippen LogP) is 2.75. The van der Waals surface area contributed by atoms with Crippen molar-refractivity contribution in [2.45, 2.75) is 17.9 Å². The average Bonchev–Trinajstić information content (AvgIpc) is 3.02. The molecule has 1 aliphatic rings. The molecule has 0 saturated carbocycles. The molecule has 166 valence electrons. The van der Waals surface area contributed by atoms with Crippen molar-refractivity contribution in [3.05, 3.63) is 52.6 Å². The van der Waals surface area contributed by atoms with E-state index in [1.54, 1.807) is 18.2 Å². The molecular weight excluding hydrogens is 444 g/mol. The second-order valence-corrected chi connectivity index (χ2v) is 8.89. The van der Waals surface area contributed by atoms with Gasteiger partial charge in [0.15, 0.2) is 11.5 Å². The number of amides is 1. The molecule has 10 heteroatoms. The van der Waals surface area contributed by atoms with Crippen LogP contribution in [0.3, 0.4) is 0 Å². The minimum atomic E-state index is -3.71. The zero-order valence-electron chi connectivity index (χ0n) is 17.1. The maximum absolute atomic E-state index is 12.2. The van der Waals surface area contributed by atoms with Crippen LogP contribution in [-0.4, -0.2) is 41.7 Å². The molecule has 2 aromatic carbocycles. The number of rotatable bonds is 7.